The SMILES string of the molecule is CC(=O)N1CCC(C(=O)NCCN(C2CCOCC2)C2CCN(C(=O)C3CC3)CC2)CC1. The van der Waals surface area contributed by atoms with Crippen molar-refractivity contribution in [3.8, 4) is 0 Å². The van der Waals surface area contributed by atoms with Crippen LogP contribution in [-0.2, 0) is 19.1 Å². The second kappa shape index (κ2) is 11.0. The summed E-state index contributed by atoms with van der Waals surface area (Å²) in [6.45, 7) is 7.80. The van der Waals surface area contributed by atoms with Crippen LogP contribution in [0.25, 0.3) is 0 Å². The van der Waals surface area contributed by atoms with Gasteiger partial charge < -0.3 is 19.9 Å². The predicted molar refractivity (Wildman–Crippen MR) is 121 cm³/mol. The summed E-state index contributed by atoms with van der Waals surface area (Å²) in [5, 5.41) is 3.18. The van der Waals surface area contributed by atoms with Gasteiger partial charge in [-0.25, -0.2) is 0 Å². The van der Waals surface area contributed by atoms with Gasteiger partial charge in [-0.05, 0) is 51.4 Å². The Balaban J connectivity index is 1.25. The number of rotatable bonds is 7. The predicted octanol–water partition coefficient (Wildman–Crippen LogP) is 1.24. The molecule has 3 heterocycles. The van der Waals surface area contributed by atoms with Crippen LogP contribution < -0.4 is 5.32 Å². The minimum Gasteiger partial charge on any atom is -0.381 e. The zero-order valence-corrected chi connectivity index (χ0v) is 19.6. The van der Waals surface area contributed by atoms with E-state index in [1.54, 1.807) is 6.92 Å². The van der Waals surface area contributed by atoms with E-state index in [0.29, 0.717) is 43.5 Å². The third-order valence-corrected chi connectivity index (χ3v) is 7.81. The van der Waals surface area contributed by atoms with Crippen LogP contribution in [-0.4, -0.2) is 97.0 Å². The summed E-state index contributed by atoms with van der Waals surface area (Å²) in [5.41, 5.74) is 0. The van der Waals surface area contributed by atoms with Gasteiger partial charge in [-0.3, -0.25) is 19.3 Å². The lowest BCUT2D eigenvalue weighted by Gasteiger charge is -2.43. The van der Waals surface area contributed by atoms with Crippen LogP contribution in [0.4, 0.5) is 0 Å². The zero-order chi connectivity index (χ0) is 22.5. The van der Waals surface area contributed by atoms with E-state index in [2.05, 4.69) is 15.1 Å². The lowest BCUT2D eigenvalue weighted by Crippen LogP contribution is -2.53. The highest BCUT2D eigenvalue weighted by Crippen LogP contribution is 2.32. The second-order valence-electron chi connectivity index (χ2n) is 9.98. The molecule has 0 aromatic heterocycles. The molecular weight excluding hydrogens is 408 g/mol. The summed E-state index contributed by atoms with van der Waals surface area (Å²) in [6, 6.07) is 0.965. The average Bonchev–Trinajstić information content (AvgIpc) is 3.68. The molecule has 0 aromatic carbocycles. The Morgan fingerprint density at radius 2 is 1.41 bits per heavy atom. The Morgan fingerprint density at radius 3 is 2.00 bits per heavy atom. The van der Waals surface area contributed by atoms with Gasteiger partial charge in [0.05, 0.1) is 0 Å². The molecule has 0 unspecified atom stereocenters. The molecule has 0 atom stereocenters. The maximum atomic E-state index is 12.7. The Kier molecular flexibility index (Phi) is 8.05. The van der Waals surface area contributed by atoms with Crippen LogP contribution >= 0.6 is 0 Å². The summed E-state index contributed by atoms with van der Waals surface area (Å²) in [5.74, 6) is 0.907. The first-order valence-corrected chi connectivity index (χ1v) is 12.7. The van der Waals surface area contributed by atoms with Crippen LogP contribution in [0, 0.1) is 11.8 Å². The highest BCUT2D eigenvalue weighted by Gasteiger charge is 2.37. The molecule has 4 fully saturated rings. The summed E-state index contributed by atoms with van der Waals surface area (Å²) in [4.78, 5) is 43.1. The van der Waals surface area contributed by atoms with Crippen molar-refractivity contribution in [2.75, 3.05) is 52.5 Å². The first-order chi connectivity index (χ1) is 15.5. The number of ether oxygens (including phenoxy) is 1. The van der Waals surface area contributed by atoms with Crippen LogP contribution in [0.3, 0.4) is 0 Å². The van der Waals surface area contributed by atoms with Gasteiger partial charge in [0, 0.05) is 83.3 Å². The molecule has 0 spiro atoms. The zero-order valence-electron chi connectivity index (χ0n) is 19.6. The minimum absolute atomic E-state index is 0.0128. The van der Waals surface area contributed by atoms with Crippen LogP contribution in [0.5, 0.6) is 0 Å². The van der Waals surface area contributed by atoms with Crippen molar-refractivity contribution < 1.29 is 19.1 Å². The van der Waals surface area contributed by atoms with E-state index in [9.17, 15) is 14.4 Å². The van der Waals surface area contributed by atoms with E-state index in [1.807, 2.05) is 4.90 Å². The van der Waals surface area contributed by atoms with Crippen LogP contribution in [0.2, 0.25) is 0 Å². The lowest BCUT2D eigenvalue weighted by molar-refractivity contribution is -0.134. The van der Waals surface area contributed by atoms with Gasteiger partial charge in [0.1, 0.15) is 0 Å². The van der Waals surface area contributed by atoms with Gasteiger partial charge in [0.25, 0.3) is 0 Å². The van der Waals surface area contributed by atoms with Crippen LogP contribution in [0.15, 0.2) is 0 Å². The normalized spacial score (nSPS) is 24.1. The topological polar surface area (TPSA) is 82.2 Å². The van der Waals surface area contributed by atoms with Gasteiger partial charge in [0.15, 0.2) is 0 Å². The lowest BCUT2D eigenvalue weighted by atomic mass is 9.95. The molecule has 3 saturated heterocycles. The summed E-state index contributed by atoms with van der Waals surface area (Å²) < 4.78 is 5.59. The number of hydrogen-bond acceptors (Lipinski definition) is 5. The fraction of sp³-hybridized carbons (Fsp3) is 0.875. The molecular formula is C24H40N4O4. The van der Waals surface area contributed by atoms with Crippen molar-refractivity contribution in [1.82, 2.24) is 20.0 Å². The highest BCUT2D eigenvalue weighted by atomic mass is 16.5. The van der Waals surface area contributed by atoms with Gasteiger partial charge >= 0.3 is 0 Å². The summed E-state index contributed by atoms with van der Waals surface area (Å²) in [7, 11) is 0. The molecule has 1 aliphatic carbocycles. The number of carbonyl (C=O) groups excluding carboxylic acids is 3. The molecule has 3 aliphatic heterocycles. The van der Waals surface area contributed by atoms with Gasteiger partial charge in [-0.1, -0.05) is 0 Å². The molecule has 8 nitrogen and oxygen atoms in total. The average molecular weight is 449 g/mol. The van der Waals surface area contributed by atoms with E-state index in [1.165, 1.54) is 0 Å². The van der Waals surface area contributed by atoms with Crippen molar-refractivity contribution in [3.05, 3.63) is 0 Å². The quantitative estimate of drug-likeness (QED) is 0.634. The van der Waals surface area contributed by atoms with Gasteiger partial charge in [-0.15, -0.1) is 0 Å². The summed E-state index contributed by atoms with van der Waals surface area (Å²) in [6.07, 6.45) is 7.77. The largest absolute Gasteiger partial charge is 0.381 e. The number of nitrogens with zero attached hydrogens (tertiary/aromatic N) is 3. The Bertz CT molecular complexity index is 661. The van der Waals surface area contributed by atoms with Crippen molar-refractivity contribution in [2.45, 2.75) is 70.4 Å². The maximum absolute atomic E-state index is 12.7. The van der Waals surface area contributed by atoms with E-state index in [4.69, 9.17) is 4.74 Å². The fourth-order valence-corrected chi connectivity index (χ4v) is 5.60. The van der Waals surface area contributed by atoms with E-state index < -0.39 is 0 Å². The van der Waals surface area contributed by atoms with Crippen molar-refractivity contribution in [3.63, 3.8) is 0 Å². The smallest absolute Gasteiger partial charge is 0.225 e. The van der Waals surface area contributed by atoms with E-state index in [-0.39, 0.29) is 17.7 Å². The second-order valence-corrected chi connectivity index (χ2v) is 9.98. The Labute approximate surface area is 192 Å². The standard InChI is InChI=1S/C24H40N4O4/c1-18(29)26-11-4-19(5-12-26)23(30)25-10-15-28(22-8-16-32-17-9-22)21-6-13-27(14-7-21)24(31)20-2-3-20/h19-22H,2-17H2,1H3,(H,25,30). The van der Waals surface area contributed by atoms with Crippen molar-refractivity contribution in [2.24, 2.45) is 11.8 Å². The van der Waals surface area contributed by atoms with E-state index in [0.717, 1.165) is 84.2 Å². The number of carbonyl (C=O) groups is 3. The van der Waals surface area contributed by atoms with Crippen LogP contribution in [0.1, 0.15) is 58.3 Å². The van der Waals surface area contributed by atoms with Gasteiger partial charge in [0.2, 0.25) is 17.7 Å². The van der Waals surface area contributed by atoms with Crippen molar-refractivity contribution >= 4 is 17.7 Å². The fourth-order valence-electron chi connectivity index (χ4n) is 5.60. The molecule has 3 amide bonds. The van der Waals surface area contributed by atoms with Crippen molar-refractivity contribution in [1.29, 1.82) is 0 Å². The summed E-state index contributed by atoms with van der Waals surface area (Å²) >= 11 is 0. The molecule has 0 bridgehead atoms. The first-order valence-electron chi connectivity index (χ1n) is 12.7. The molecule has 32 heavy (non-hydrogen) atoms. The maximum Gasteiger partial charge on any atom is 0.225 e. The molecule has 0 radical (unpaired) electrons. The Morgan fingerprint density at radius 1 is 0.812 bits per heavy atom. The first kappa shape index (κ1) is 23.5. The number of likely N-dealkylation sites (tertiary alicyclic amines) is 2. The highest BCUT2D eigenvalue weighted by molar-refractivity contribution is 5.81. The number of piperidine rings is 2. The number of hydrogen-bond donors (Lipinski definition) is 1. The Hall–Kier alpha value is -1.67. The molecule has 1 saturated carbocycles. The minimum atomic E-state index is 0.0128. The molecule has 8 heteroatoms. The molecule has 180 valence electrons. The third-order valence-electron chi connectivity index (χ3n) is 7.81. The molecule has 4 rings (SSSR count). The van der Waals surface area contributed by atoms with E-state index >= 15 is 0 Å². The van der Waals surface area contributed by atoms with Gasteiger partial charge in [-0.2, -0.15) is 0 Å². The molecule has 0 aromatic rings. The molecule has 4 aliphatic rings. The third kappa shape index (κ3) is 6.01. The number of nitrogens with one attached hydrogen (secondary N) is 1. The monoisotopic (exact) mass is 448 g/mol. The molecule has 1 N–H and O–H groups in total. The number of amides is 3.